The quantitative estimate of drug-likeness (QED) is 0.807. The van der Waals surface area contributed by atoms with Crippen molar-refractivity contribution in [2.24, 2.45) is 5.41 Å². The van der Waals surface area contributed by atoms with E-state index in [1.54, 1.807) is 0 Å². The van der Waals surface area contributed by atoms with Gasteiger partial charge in [-0.2, -0.15) is 0 Å². The molecule has 2 amide bonds. The highest BCUT2D eigenvalue weighted by molar-refractivity contribution is 5.77. The van der Waals surface area contributed by atoms with E-state index in [9.17, 15) is 4.79 Å². The lowest BCUT2D eigenvalue weighted by Crippen LogP contribution is -2.38. The van der Waals surface area contributed by atoms with Crippen molar-refractivity contribution in [1.82, 2.24) is 15.5 Å². The SMILES string of the molecule is CC(C)(C)C1CN(CCC2CCCCN2)C(=O)N1. The van der Waals surface area contributed by atoms with Gasteiger partial charge in [-0.25, -0.2) is 4.79 Å². The second-order valence-corrected chi connectivity index (χ2v) is 6.75. The number of hydrogen-bond acceptors (Lipinski definition) is 2. The van der Waals surface area contributed by atoms with Gasteiger partial charge in [0.25, 0.3) is 0 Å². The molecule has 0 spiro atoms. The third-order valence-electron chi connectivity index (χ3n) is 4.19. The van der Waals surface area contributed by atoms with Crippen LogP contribution >= 0.6 is 0 Å². The first kappa shape index (κ1) is 13.7. The molecule has 0 saturated carbocycles. The van der Waals surface area contributed by atoms with Crippen molar-refractivity contribution in [3.63, 3.8) is 0 Å². The lowest BCUT2D eigenvalue weighted by Gasteiger charge is -2.27. The van der Waals surface area contributed by atoms with Gasteiger partial charge in [0.05, 0.1) is 6.04 Å². The Labute approximate surface area is 110 Å². The van der Waals surface area contributed by atoms with Gasteiger partial charge in [-0.05, 0) is 31.2 Å². The van der Waals surface area contributed by atoms with Crippen LogP contribution in [0.15, 0.2) is 0 Å². The minimum atomic E-state index is 0.116. The average molecular weight is 253 g/mol. The predicted molar refractivity (Wildman–Crippen MR) is 73.6 cm³/mol. The summed E-state index contributed by atoms with van der Waals surface area (Å²) in [5.41, 5.74) is 0.146. The monoisotopic (exact) mass is 253 g/mol. The topological polar surface area (TPSA) is 44.4 Å². The number of hydrogen-bond donors (Lipinski definition) is 2. The van der Waals surface area contributed by atoms with E-state index >= 15 is 0 Å². The first-order valence-electron chi connectivity index (χ1n) is 7.25. The van der Waals surface area contributed by atoms with Crippen molar-refractivity contribution in [1.29, 1.82) is 0 Å². The molecule has 0 aliphatic carbocycles. The zero-order chi connectivity index (χ0) is 13.2. The van der Waals surface area contributed by atoms with Crippen molar-refractivity contribution in [2.45, 2.75) is 58.5 Å². The van der Waals surface area contributed by atoms with Crippen molar-refractivity contribution >= 4 is 6.03 Å². The van der Waals surface area contributed by atoms with Crippen molar-refractivity contribution in [3.8, 4) is 0 Å². The third-order valence-corrected chi connectivity index (χ3v) is 4.19. The zero-order valence-electron chi connectivity index (χ0n) is 12.0. The van der Waals surface area contributed by atoms with Crippen LogP contribution in [0.5, 0.6) is 0 Å². The van der Waals surface area contributed by atoms with E-state index in [4.69, 9.17) is 0 Å². The number of carbonyl (C=O) groups is 1. The molecule has 104 valence electrons. The molecule has 2 saturated heterocycles. The molecular formula is C14H27N3O. The molecule has 2 N–H and O–H groups in total. The maximum atomic E-state index is 11.9. The van der Waals surface area contributed by atoms with Crippen molar-refractivity contribution in [3.05, 3.63) is 0 Å². The van der Waals surface area contributed by atoms with E-state index in [0.717, 1.165) is 26.1 Å². The molecule has 2 aliphatic rings. The number of nitrogens with one attached hydrogen (secondary N) is 2. The largest absolute Gasteiger partial charge is 0.333 e. The third kappa shape index (κ3) is 3.37. The van der Waals surface area contributed by atoms with Gasteiger partial charge in [-0.3, -0.25) is 0 Å². The molecule has 4 heteroatoms. The minimum Gasteiger partial charge on any atom is -0.333 e. The highest BCUT2D eigenvalue weighted by atomic mass is 16.2. The van der Waals surface area contributed by atoms with Crippen LogP contribution in [-0.4, -0.2) is 42.6 Å². The number of rotatable bonds is 3. The summed E-state index contributed by atoms with van der Waals surface area (Å²) in [5.74, 6) is 0. The summed E-state index contributed by atoms with van der Waals surface area (Å²) in [5, 5.41) is 6.64. The lowest BCUT2D eigenvalue weighted by atomic mass is 9.87. The van der Waals surface area contributed by atoms with Gasteiger partial charge in [0.1, 0.15) is 0 Å². The van der Waals surface area contributed by atoms with Gasteiger partial charge in [-0.1, -0.05) is 27.2 Å². The van der Waals surface area contributed by atoms with Crippen molar-refractivity contribution < 1.29 is 4.79 Å². The Morgan fingerprint density at radius 1 is 1.33 bits per heavy atom. The van der Waals surface area contributed by atoms with E-state index in [1.807, 2.05) is 4.90 Å². The maximum Gasteiger partial charge on any atom is 0.317 e. The van der Waals surface area contributed by atoms with Crippen LogP contribution in [0.1, 0.15) is 46.5 Å². The fraction of sp³-hybridized carbons (Fsp3) is 0.929. The number of urea groups is 1. The van der Waals surface area contributed by atoms with E-state index < -0.39 is 0 Å². The van der Waals surface area contributed by atoms with E-state index in [0.29, 0.717) is 6.04 Å². The number of piperidine rings is 1. The van der Waals surface area contributed by atoms with Gasteiger partial charge in [-0.15, -0.1) is 0 Å². The molecule has 2 rings (SSSR count). The molecule has 0 aromatic rings. The molecule has 0 aromatic heterocycles. The Bertz CT molecular complexity index is 292. The average Bonchev–Trinajstić information content (AvgIpc) is 2.69. The molecule has 2 aliphatic heterocycles. The maximum absolute atomic E-state index is 11.9. The van der Waals surface area contributed by atoms with Gasteiger partial charge in [0, 0.05) is 19.1 Å². The van der Waals surface area contributed by atoms with Crippen LogP contribution in [0.3, 0.4) is 0 Å². The summed E-state index contributed by atoms with van der Waals surface area (Å²) in [6, 6.07) is 1.01. The fourth-order valence-electron chi connectivity index (χ4n) is 2.75. The zero-order valence-corrected chi connectivity index (χ0v) is 12.0. The highest BCUT2D eigenvalue weighted by Gasteiger charge is 2.36. The normalized spacial score (nSPS) is 29.5. The molecule has 2 unspecified atom stereocenters. The summed E-state index contributed by atoms with van der Waals surface area (Å²) in [7, 11) is 0. The fourth-order valence-corrected chi connectivity index (χ4v) is 2.75. The van der Waals surface area contributed by atoms with E-state index in [1.165, 1.54) is 19.3 Å². The van der Waals surface area contributed by atoms with Gasteiger partial charge >= 0.3 is 6.03 Å². The first-order chi connectivity index (χ1) is 8.47. The van der Waals surface area contributed by atoms with Gasteiger partial charge in [0.2, 0.25) is 0 Å². The van der Waals surface area contributed by atoms with Crippen LogP contribution < -0.4 is 10.6 Å². The lowest BCUT2D eigenvalue weighted by molar-refractivity contribution is 0.213. The number of amides is 2. The Morgan fingerprint density at radius 2 is 2.11 bits per heavy atom. The minimum absolute atomic E-state index is 0.116. The molecule has 0 radical (unpaired) electrons. The Hall–Kier alpha value is -0.770. The van der Waals surface area contributed by atoms with Crippen LogP contribution in [0.4, 0.5) is 4.79 Å². The summed E-state index contributed by atoms with van der Waals surface area (Å²) in [4.78, 5) is 13.9. The molecule has 4 nitrogen and oxygen atoms in total. The number of carbonyl (C=O) groups excluding carboxylic acids is 1. The summed E-state index contributed by atoms with van der Waals surface area (Å²) >= 11 is 0. The predicted octanol–water partition coefficient (Wildman–Crippen LogP) is 1.96. The molecule has 0 aromatic carbocycles. The molecule has 2 atom stereocenters. The molecule has 18 heavy (non-hydrogen) atoms. The van der Waals surface area contributed by atoms with E-state index in [-0.39, 0.29) is 17.5 Å². The standard InChI is InChI=1S/C14H27N3O/c1-14(2,3)12-10-17(13(18)16-12)9-7-11-6-4-5-8-15-11/h11-12,15H,4-10H2,1-3H3,(H,16,18). The second-order valence-electron chi connectivity index (χ2n) is 6.75. The highest BCUT2D eigenvalue weighted by Crippen LogP contribution is 2.24. The molecule has 0 bridgehead atoms. The Kier molecular flexibility index (Phi) is 4.15. The van der Waals surface area contributed by atoms with E-state index in [2.05, 4.69) is 31.4 Å². The van der Waals surface area contributed by atoms with Crippen LogP contribution in [0.2, 0.25) is 0 Å². The number of nitrogens with zero attached hydrogens (tertiary/aromatic N) is 1. The van der Waals surface area contributed by atoms with Gasteiger partial charge in [0.15, 0.2) is 0 Å². The van der Waals surface area contributed by atoms with Gasteiger partial charge < -0.3 is 15.5 Å². The van der Waals surface area contributed by atoms with Crippen LogP contribution in [0, 0.1) is 5.41 Å². The van der Waals surface area contributed by atoms with Crippen LogP contribution in [-0.2, 0) is 0 Å². The first-order valence-corrected chi connectivity index (χ1v) is 7.25. The summed E-state index contributed by atoms with van der Waals surface area (Å²) in [6.07, 6.45) is 4.98. The Morgan fingerprint density at radius 3 is 2.67 bits per heavy atom. The molecule has 2 fully saturated rings. The summed E-state index contributed by atoms with van der Waals surface area (Å²) < 4.78 is 0. The van der Waals surface area contributed by atoms with Crippen molar-refractivity contribution in [2.75, 3.05) is 19.6 Å². The second kappa shape index (κ2) is 5.47. The Balaban J connectivity index is 1.78. The molecule has 2 heterocycles. The van der Waals surface area contributed by atoms with Crippen LogP contribution in [0.25, 0.3) is 0 Å². The summed E-state index contributed by atoms with van der Waals surface area (Å²) in [6.45, 7) is 9.44. The smallest absolute Gasteiger partial charge is 0.317 e. The molecular weight excluding hydrogens is 226 g/mol.